The summed E-state index contributed by atoms with van der Waals surface area (Å²) in [7, 11) is 3.43. The van der Waals surface area contributed by atoms with Gasteiger partial charge in [-0.05, 0) is 55.0 Å². The van der Waals surface area contributed by atoms with Gasteiger partial charge in [-0.25, -0.2) is 9.97 Å². The van der Waals surface area contributed by atoms with E-state index in [2.05, 4.69) is 19.9 Å². The Bertz CT molecular complexity index is 1500. The maximum Gasteiger partial charge on any atom is 0.253 e. The fraction of sp³-hybridized carbons (Fsp3) is 0.160. The Kier molecular flexibility index (Phi) is 4.97. The molecule has 8 nitrogen and oxygen atoms in total. The van der Waals surface area contributed by atoms with Crippen molar-refractivity contribution < 1.29 is 9.53 Å². The summed E-state index contributed by atoms with van der Waals surface area (Å²) in [5.74, 6) is 1.90. The highest BCUT2D eigenvalue weighted by Crippen LogP contribution is 2.31. The molecule has 5 rings (SSSR count). The minimum absolute atomic E-state index is 0.0547. The molecule has 0 fully saturated rings. The number of amides is 1. The van der Waals surface area contributed by atoms with E-state index in [4.69, 9.17) is 10.5 Å². The van der Waals surface area contributed by atoms with Gasteiger partial charge in [0.15, 0.2) is 5.65 Å². The maximum atomic E-state index is 13.1. The number of H-pyrrole nitrogens is 2. The fourth-order valence-electron chi connectivity index (χ4n) is 4.08. The summed E-state index contributed by atoms with van der Waals surface area (Å²) in [6.45, 7) is 2.37. The molecular formula is C25H24N6O2. The molecule has 3 aromatic heterocycles. The van der Waals surface area contributed by atoms with Crippen molar-refractivity contribution in [3.8, 4) is 17.0 Å². The number of nitrogens with zero attached hydrogens (tertiary/aromatic N) is 3. The van der Waals surface area contributed by atoms with Crippen LogP contribution in [-0.4, -0.2) is 44.9 Å². The fourth-order valence-corrected chi connectivity index (χ4v) is 4.08. The number of rotatable bonds is 5. The zero-order valence-electron chi connectivity index (χ0n) is 18.6. The number of benzene rings is 2. The first-order valence-electron chi connectivity index (χ1n) is 10.6. The Morgan fingerprint density at radius 3 is 2.76 bits per heavy atom. The number of ether oxygens (including phenoxy) is 1. The van der Waals surface area contributed by atoms with Gasteiger partial charge in [-0.1, -0.05) is 12.1 Å². The average Bonchev–Trinajstić information content (AvgIpc) is 3.40. The highest BCUT2D eigenvalue weighted by Gasteiger charge is 2.16. The monoisotopic (exact) mass is 440 g/mol. The minimum Gasteiger partial charge on any atom is -0.497 e. The molecule has 2 aromatic carbocycles. The van der Waals surface area contributed by atoms with E-state index in [1.54, 1.807) is 25.1 Å². The van der Waals surface area contributed by atoms with Gasteiger partial charge in [0.1, 0.15) is 22.9 Å². The molecule has 0 aliphatic carbocycles. The number of nitrogens with two attached hydrogens (primary N) is 1. The number of aryl methyl sites for hydroxylation is 1. The molecule has 0 spiro atoms. The molecule has 1 amide bonds. The van der Waals surface area contributed by atoms with Gasteiger partial charge in [-0.3, -0.25) is 4.79 Å². The third-order valence-corrected chi connectivity index (χ3v) is 5.65. The second-order valence-corrected chi connectivity index (χ2v) is 8.11. The number of methoxy groups -OCH3 is 1. The summed E-state index contributed by atoms with van der Waals surface area (Å²) in [6.07, 6.45) is 0. The summed E-state index contributed by atoms with van der Waals surface area (Å²) in [6, 6.07) is 17.2. The SMILES string of the molecule is COc1cccc(CN(C)C(=O)c2ccc3[nH]c(-c4cc(N)nc5[nH]c(C)nc45)cc3c2)c1. The molecule has 0 aliphatic rings. The number of fused-ring (bicyclic) bond motifs is 2. The molecule has 8 heteroatoms. The van der Waals surface area contributed by atoms with Crippen molar-refractivity contribution in [1.29, 1.82) is 0 Å². The van der Waals surface area contributed by atoms with Gasteiger partial charge in [0.05, 0.1) is 7.11 Å². The highest BCUT2D eigenvalue weighted by molar-refractivity contribution is 6.00. The van der Waals surface area contributed by atoms with Crippen molar-refractivity contribution in [1.82, 2.24) is 24.8 Å². The number of nitrogen functional groups attached to an aromatic ring is 1. The first-order chi connectivity index (χ1) is 15.9. The molecule has 3 heterocycles. The number of nitrogens with one attached hydrogen (secondary N) is 2. The molecule has 0 saturated carbocycles. The Labute approximate surface area is 190 Å². The number of hydrogen-bond donors (Lipinski definition) is 3. The van der Waals surface area contributed by atoms with Gasteiger partial charge in [-0.15, -0.1) is 0 Å². The lowest BCUT2D eigenvalue weighted by atomic mass is 10.1. The second kappa shape index (κ2) is 7.98. The molecule has 0 aliphatic heterocycles. The Balaban J connectivity index is 1.45. The summed E-state index contributed by atoms with van der Waals surface area (Å²) in [5, 5.41) is 0.932. The van der Waals surface area contributed by atoms with Crippen LogP contribution in [-0.2, 0) is 6.54 Å². The van der Waals surface area contributed by atoms with E-state index in [0.717, 1.165) is 44.8 Å². The predicted octanol–water partition coefficient (Wildman–Crippen LogP) is 4.28. The molecule has 4 N–H and O–H groups in total. The van der Waals surface area contributed by atoms with Gasteiger partial charge >= 0.3 is 0 Å². The molecule has 0 radical (unpaired) electrons. The third-order valence-electron chi connectivity index (χ3n) is 5.65. The van der Waals surface area contributed by atoms with E-state index in [1.807, 2.05) is 55.5 Å². The first-order valence-corrected chi connectivity index (χ1v) is 10.6. The molecule has 0 unspecified atom stereocenters. The lowest BCUT2D eigenvalue weighted by Gasteiger charge is -2.18. The Morgan fingerprint density at radius 2 is 1.94 bits per heavy atom. The van der Waals surface area contributed by atoms with E-state index in [9.17, 15) is 4.79 Å². The zero-order chi connectivity index (χ0) is 23.1. The standard InChI is InChI=1S/C25H24N6O2/c1-14-27-23-19(12-22(26)30-24(23)28-14)21-11-17-10-16(7-8-20(17)29-21)25(32)31(2)13-15-5-4-6-18(9-15)33-3/h4-12,29H,13H2,1-3H3,(H3,26,27,28,30). The summed E-state index contributed by atoms with van der Waals surface area (Å²) in [4.78, 5) is 30.2. The molecule has 5 aromatic rings. The number of hydrogen-bond acceptors (Lipinski definition) is 5. The van der Waals surface area contributed by atoms with Crippen molar-refractivity contribution in [2.75, 3.05) is 19.9 Å². The molecular weight excluding hydrogens is 416 g/mol. The number of carbonyl (C=O) groups excluding carboxylic acids is 1. The number of pyridine rings is 1. The van der Waals surface area contributed by atoms with E-state index >= 15 is 0 Å². The first kappa shape index (κ1) is 20.6. The Morgan fingerprint density at radius 1 is 1.09 bits per heavy atom. The van der Waals surface area contributed by atoms with Crippen LogP contribution in [0.2, 0.25) is 0 Å². The smallest absolute Gasteiger partial charge is 0.253 e. The normalized spacial score (nSPS) is 11.2. The minimum atomic E-state index is -0.0547. The number of anilines is 1. The van der Waals surface area contributed by atoms with Crippen molar-refractivity contribution in [3.63, 3.8) is 0 Å². The molecule has 33 heavy (non-hydrogen) atoms. The number of imidazole rings is 1. The van der Waals surface area contributed by atoms with E-state index < -0.39 is 0 Å². The van der Waals surface area contributed by atoms with Crippen LogP contribution in [0.3, 0.4) is 0 Å². The van der Waals surface area contributed by atoms with Crippen LogP contribution in [0.15, 0.2) is 54.6 Å². The summed E-state index contributed by atoms with van der Waals surface area (Å²) < 4.78 is 5.28. The topological polar surface area (TPSA) is 113 Å². The van der Waals surface area contributed by atoms with Gasteiger partial charge in [-0.2, -0.15) is 0 Å². The second-order valence-electron chi connectivity index (χ2n) is 8.11. The summed E-state index contributed by atoms with van der Waals surface area (Å²) in [5.41, 5.74) is 11.7. The van der Waals surface area contributed by atoms with Gasteiger partial charge in [0.25, 0.3) is 5.91 Å². The van der Waals surface area contributed by atoms with E-state index in [0.29, 0.717) is 23.6 Å². The van der Waals surface area contributed by atoms with E-state index in [-0.39, 0.29) is 5.91 Å². The van der Waals surface area contributed by atoms with Crippen molar-refractivity contribution in [2.45, 2.75) is 13.5 Å². The van der Waals surface area contributed by atoms with Crippen molar-refractivity contribution >= 4 is 33.8 Å². The van der Waals surface area contributed by atoms with E-state index in [1.165, 1.54) is 0 Å². The van der Waals surface area contributed by atoms with Crippen molar-refractivity contribution in [2.24, 2.45) is 0 Å². The number of aromatic nitrogens is 4. The highest BCUT2D eigenvalue weighted by atomic mass is 16.5. The van der Waals surface area contributed by atoms with Gasteiger partial charge in [0.2, 0.25) is 0 Å². The quantitative estimate of drug-likeness (QED) is 0.378. The average molecular weight is 441 g/mol. The summed E-state index contributed by atoms with van der Waals surface area (Å²) >= 11 is 0. The van der Waals surface area contributed by atoms with Gasteiger partial charge in [0, 0.05) is 41.3 Å². The van der Waals surface area contributed by atoms with Crippen LogP contribution < -0.4 is 10.5 Å². The van der Waals surface area contributed by atoms with Crippen LogP contribution in [0.4, 0.5) is 5.82 Å². The largest absolute Gasteiger partial charge is 0.497 e. The van der Waals surface area contributed by atoms with Crippen LogP contribution in [0.25, 0.3) is 33.3 Å². The number of carbonyl (C=O) groups is 1. The molecule has 166 valence electrons. The Hall–Kier alpha value is -4.33. The predicted molar refractivity (Wildman–Crippen MR) is 129 cm³/mol. The molecule has 0 atom stereocenters. The van der Waals surface area contributed by atoms with Crippen molar-refractivity contribution in [3.05, 3.63) is 71.5 Å². The zero-order valence-corrected chi connectivity index (χ0v) is 18.6. The van der Waals surface area contributed by atoms with Crippen LogP contribution in [0, 0.1) is 6.92 Å². The third kappa shape index (κ3) is 3.87. The lowest BCUT2D eigenvalue weighted by molar-refractivity contribution is 0.0785. The van der Waals surface area contributed by atoms with Crippen LogP contribution in [0.5, 0.6) is 5.75 Å². The van der Waals surface area contributed by atoms with Crippen LogP contribution >= 0.6 is 0 Å². The van der Waals surface area contributed by atoms with Crippen LogP contribution in [0.1, 0.15) is 21.7 Å². The maximum absolute atomic E-state index is 13.1. The van der Waals surface area contributed by atoms with Gasteiger partial charge < -0.3 is 25.3 Å². The molecule has 0 bridgehead atoms. The molecule has 0 saturated heterocycles. The lowest BCUT2D eigenvalue weighted by Crippen LogP contribution is -2.26. The number of aromatic amines is 2.